The lowest BCUT2D eigenvalue weighted by molar-refractivity contribution is 0.0963. The summed E-state index contributed by atoms with van der Waals surface area (Å²) < 4.78 is 0. The zero-order valence-electron chi connectivity index (χ0n) is 11.5. The molecule has 0 spiro atoms. The zero-order chi connectivity index (χ0) is 13.8. The molecule has 1 aromatic carbocycles. The second-order valence-corrected chi connectivity index (χ2v) is 4.52. The van der Waals surface area contributed by atoms with Crippen molar-refractivity contribution in [3.63, 3.8) is 0 Å². The first-order valence-corrected chi connectivity index (χ1v) is 6.43. The molecule has 0 aliphatic rings. The largest absolute Gasteiger partial charge is 0.355 e. The fourth-order valence-electron chi connectivity index (χ4n) is 2.08. The summed E-state index contributed by atoms with van der Waals surface area (Å²) in [5.41, 5.74) is 4.92. The lowest BCUT2D eigenvalue weighted by atomic mass is 10.0. The summed E-state index contributed by atoms with van der Waals surface area (Å²) in [5, 5.41) is 2.63. The molecular weight excluding hydrogens is 236 g/mol. The smallest absolute Gasteiger partial charge is 0.251 e. The molecule has 0 radical (unpaired) electrons. The van der Waals surface area contributed by atoms with Crippen LogP contribution in [0.5, 0.6) is 0 Å². The van der Waals surface area contributed by atoms with Crippen LogP contribution in [0.1, 0.15) is 28.4 Å². The highest BCUT2D eigenvalue weighted by molar-refractivity contribution is 5.95. The number of pyridine rings is 1. The van der Waals surface area contributed by atoms with Gasteiger partial charge in [0.1, 0.15) is 0 Å². The zero-order valence-corrected chi connectivity index (χ0v) is 11.5. The average molecular weight is 254 g/mol. The maximum Gasteiger partial charge on any atom is 0.251 e. The molecular formula is C16H18N2O. The Morgan fingerprint density at radius 2 is 2.11 bits per heavy atom. The minimum Gasteiger partial charge on any atom is -0.355 e. The number of aryl methyl sites for hydroxylation is 2. The van der Waals surface area contributed by atoms with Crippen molar-refractivity contribution in [1.82, 2.24) is 10.3 Å². The Hall–Kier alpha value is -2.16. The standard InChI is InChI=1S/C16H18N2O/c1-4-12-8-11(2)15(18-10-12)13-6-5-7-14(9-13)16(19)17-3/h5-10H,4H2,1-3H3,(H,17,19). The van der Waals surface area contributed by atoms with Gasteiger partial charge in [-0.1, -0.05) is 25.1 Å². The number of nitrogens with zero attached hydrogens (tertiary/aromatic N) is 1. The second kappa shape index (κ2) is 5.65. The molecule has 2 rings (SSSR count). The number of hydrogen-bond donors (Lipinski definition) is 1. The van der Waals surface area contributed by atoms with Crippen molar-refractivity contribution in [2.75, 3.05) is 7.05 Å². The topological polar surface area (TPSA) is 42.0 Å². The molecule has 3 heteroatoms. The Kier molecular flexibility index (Phi) is 3.95. The normalized spacial score (nSPS) is 10.3. The van der Waals surface area contributed by atoms with Crippen LogP contribution in [0, 0.1) is 6.92 Å². The van der Waals surface area contributed by atoms with Gasteiger partial charge in [0.05, 0.1) is 5.69 Å². The number of benzene rings is 1. The third-order valence-corrected chi connectivity index (χ3v) is 3.17. The summed E-state index contributed by atoms with van der Waals surface area (Å²) in [5.74, 6) is -0.0790. The lowest BCUT2D eigenvalue weighted by Gasteiger charge is -2.08. The van der Waals surface area contributed by atoms with Gasteiger partial charge in [0.2, 0.25) is 0 Å². The molecule has 0 atom stereocenters. The predicted octanol–water partition coefficient (Wildman–Crippen LogP) is 2.98. The third-order valence-electron chi connectivity index (χ3n) is 3.17. The number of amides is 1. The Balaban J connectivity index is 2.44. The Morgan fingerprint density at radius 1 is 1.32 bits per heavy atom. The summed E-state index contributed by atoms with van der Waals surface area (Å²) in [6, 6.07) is 9.69. The molecule has 0 saturated heterocycles. The molecule has 2 aromatic rings. The third kappa shape index (κ3) is 2.81. The van der Waals surface area contributed by atoms with Crippen molar-refractivity contribution in [1.29, 1.82) is 0 Å². The second-order valence-electron chi connectivity index (χ2n) is 4.52. The van der Waals surface area contributed by atoms with Crippen LogP contribution in [-0.4, -0.2) is 17.9 Å². The SMILES string of the molecule is CCc1cnc(-c2cccc(C(=O)NC)c2)c(C)c1. The Bertz CT molecular complexity index is 605. The maximum absolute atomic E-state index is 11.7. The molecule has 0 fully saturated rings. The van der Waals surface area contributed by atoms with Gasteiger partial charge in [-0.15, -0.1) is 0 Å². The van der Waals surface area contributed by atoms with Gasteiger partial charge < -0.3 is 5.32 Å². The monoisotopic (exact) mass is 254 g/mol. The van der Waals surface area contributed by atoms with E-state index in [2.05, 4.69) is 23.3 Å². The Morgan fingerprint density at radius 3 is 2.74 bits per heavy atom. The molecule has 1 heterocycles. The van der Waals surface area contributed by atoms with E-state index in [4.69, 9.17) is 0 Å². The fraction of sp³-hybridized carbons (Fsp3) is 0.250. The van der Waals surface area contributed by atoms with E-state index in [0.717, 1.165) is 23.2 Å². The Labute approximate surface area is 113 Å². The number of hydrogen-bond acceptors (Lipinski definition) is 2. The van der Waals surface area contributed by atoms with Crippen molar-refractivity contribution >= 4 is 5.91 Å². The molecule has 3 nitrogen and oxygen atoms in total. The van der Waals surface area contributed by atoms with Crippen LogP contribution < -0.4 is 5.32 Å². The molecule has 1 N–H and O–H groups in total. The van der Waals surface area contributed by atoms with Crippen LogP contribution in [0.3, 0.4) is 0 Å². The van der Waals surface area contributed by atoms with E-state index in [-0.39, 0.29) is 5.91 Å². The van der Waals surface area contributed by atoms with Gasteiger partial charge in [-0.05, 0) is 36.6 Å². The molecule has 0 aliphatic carbocycles. The molecule has 0 bridgehead atoms. The van der Waals surface area contributed by atoms with Crippen LogP contribution in [0.15, 0.2) is 36.5 Å². The van der Waals surface area contributed by atoms with Gasteiger partial charge in [-0.3, -0.25) is 9.78 Å². The number of carbonyl (C=O) groups is 1. The van der Waals surface area contributed by atoms with Gasteiger partial charge in [0.25, 0.3) is 5.91 Å². The summed E-state index contributed by atoms with van der Waals surface area (Å²) >= 11 is 0. The maximum atomic E-state index is 11.7. The van der Waals surface area contributed by atoms with E-state index in [1.807, 2.05) is 31.3 Å². The highest BCUT2D eigenvalue weighted by atomic mass is 16.1. The lowest BCUT2D eigenvalue weighted by Crippen LogP contribution is -2.17. The van der Waals surface area contributed by atoms with Crippen molar-refractivity contribution < 1.29 is 4.79 Å². The van der Waals surface area contributed by atoms with Crippen molar-refractivity contribution in [3.05, 3.63) is 53.2 Å². The molecule has 1 aromatic heterocycles. The highest BCUT2D eigenvalue weighted by Crippen LogP contribution is 2.22. The first-order chi connectivity index (χ1) is 9.15. The summed E-state index contributed by atoms with van der Waals surface area (Å²) in [4.78, 5) is 16.2. The van der Waals surface area contributed by atoms with Crippen molar-refractivity contribution in [2.45, 2.75) is 20.3 Å². The van der Waals surface area contributed by atoms with Crippen LogP contribution in [-0.2, 0) is 6.42 Å². The van der Waals surface area contributed by atoms with E-state index < -0.39 is 0 Å². The van der Waals surface area contributed by atoms with E-state index in [9.17, 15) is 4.79 Å². The van der Waals surface area contributed by atoms with Gasteiger partial charge >= 0.3 is 0 Å². The molecule has 0 aliphatic heterocycles. The quantitative estimate of drug-likeness (QED) is 0.915. The van der Waals surface area contributed by atoms with Crippen LogP contribution in [0.4, 0.5) is 0 Å². The molecule has 0 saturated carbocycles. The minimum atomic E-state index is -0.0790. The van der Waals surface area contributed by atoms with Crippen LogP contribution >= 0.6 is 0 Å². The number of carbonyl (C=O) groups excluding carboxylic acids is 1. The van der Waals surface area contributed by atoms with Crippen molar-refractivity contribution in [3.8, 4) is 11.3 Å². The molecule has 98 valence electrons. The van der Waals surface area contributed by atoms with Gasteiger partial charge in [-0.2, -0.15) is 0 Å². The minimum absolute atomic E-state index is 0.0790. The van der Waals surface area contributed by atoms with Gasteiger partial charge in [-0.25, -0.2) is 0 Å². The first-order valence-electron chi connectivity index (χ1n) is 6.43. The van der Waals surface area contributed by atoms with Gasteiger partial charge in [0, 0.05) is 24.4 Å². The fourth-order valence-corrected chi connectivity index (χ4v) is 2.08. The number of nitrogens with one attached hydrogen (secondary N) is 1. The number of rotatable bonds is 3. The van der Waals surface area contributed by atoms with E-state index >= 15 is 0 Å². The van der Waals surface area contributed by atoms with Gasteiger partial charge in [0.15, 0.2) is 0 Å². The summed E-state index contributed by atoms with van der Waals surface area (Å²) in [6.45, 7) is 4.16. The van der Waals surface area contributed by atoms with Crippen LogP contribution in [0.25, 0.3) is 11.3 Å². The molecule has 0 unspecified atom stereocenters. The predicted molar refractivity (Wildman–Crippen MR) is 77.2 cm³/mol. The summed E-state index contributed by atoms with van der Waals surface area (Å²) in [7, 11) is 1.63. The molecule has 1 amide bonds. The highest BCUT2D eigenvalue weighted by Gasteiger charge is 2.08. The number of aromatic nitrogens is 1. The first kappa shape index (κ1) is 13.3. The van der Waals surface area contributed by atoms with Crippen molar-refractivity contribution in [2.24, 2.45) is 0 Å². The van der Waals surface area contributed by atoms with Crippen LogP contribution in [0.2, 0.25) is 0 Å². The summed E-state index contributed by atoms with van der Waals surface area (Å²) in [6.07, 6.45) is 2.88. The van der Waals surface area contributed by atoms with E-state index in [1.54, 1.807) is 13.1 Å². The van der Waals surface area contributed by atoms with E-state index in [0.29, 0.717) is 5.56 Å². The average Bonchev–Trinajstić information content (AvgIpc) is 2.46. The van der Waals surface area contributed by atoms with E-state index in [1.165, 1.54) is 5.56 Å². The molecule has 19 heavy (non-hydrogen) atoms.